The summed E-state index contributed by atoms with van der Waals surface area (Å²) in [7, 11) is 0. The Morgan fingerprint density at radius 1 is 1.35 bits per heavy atom. The summed E-state index contributed by atoms with van der Waals surface area (Å²) >= 11 is 0. The molecule has 5 heteroatoms. The van der Waals surface area contributed by atoms with Crippen LogP contribution in [0.3, 0.4) is 0 Å². The Morgan fingerprint density at radius 3 is 2.85 bits per heavy atom. The monoisotopic (exact) mass is 276 g/mol. The van der Waals surface area contributed by atoms with Crippen molar-refractivity contribution in [1.82, 2.24) is 5.32 Å². The van der Waals surface area contributed by atoms with E-state index in [1.54, 1.807) is 0 Å². The highest BCUT2D eigenvalue weighted by molar-refractivity contribution is 5.86. The Labute approximate surface area is 118 Å². The van der Waals surface area contributed by atoms with Crippen LogP contribution in [0, 0.1) is 0 Å². The van der Waals surface area contributed by atoms with Gasteiger partial charge in [-0.05, 0) is 18.9 Å². The van der Waals surface area contributed by atoms with E-state index >= 15 is 0 Å². The number of ether oxygens (including phenoxy) is 2. The second kappa shape index (κ2) is 5.42. The number of hydrogen-bond acceptors (Lipinski definition) is 4. The third-order valence-corrected chi connectivity index (χ3v) is 4.25. The molecule has 3 rings (SSSR count). The quantitative estimate of drug-likeness (QED) is 0.856. The average Bonchev–Trinajstić information content (AvgIpc) is 2.92. The largest absolute Gasteiger partial charge is 0.492 e. The van der Waals surface area contributed by atoms with Crippen LogP contribution in [-0.4, -0.2) is 37.8 Å². The molecule has 5 nitrogen and oxygen atoms in total. The number of amides is 1. The molecule has 2 heterocycles. The van der Waals surface area contributed by atoms with Crippen molar-refractivity contribution in [3.05, 3.63) is 29.8 Å². The summed E-state index contributed by atoms with van der Waals surface area (Å²) < 4.78 is 10.9. The highest BCUT2D eigenvalue weighted by Crippen LogP contribution is 2.34. The van der Waals surface area contributed by atoms with Crippen LogP contribution in [0.1, 0.15) is 24.3 Å². The molecule has 0 bridgehead atoms. The highest BCUT2D eigenvalue weighted by atomic mass is 16.5. The zero-order chi connectivity index (χ0) is 14.0. The SMILES string of the molecule is NCC1(NC(=O)C2COc3ccccc32)CCOCC1. The third-order valence-electron chi connectivity index (χ3n) is 4.25. The van der Waals surface area contributed by atoms with Crippen molar-refractivity contribution in [3.63, 3.8) is 0 Å². The Balaban J connectivity index is 1.74. The summed E-state index contributed by atoms with van der Waals surface area (Å²) in [6.45, 7) is 2.14. The van der Waals surface area contributed by atoms with Crippen molar-refractivity contribution in [1.29, 1.82) is 0 Å². The Morgan fingerprint density at radius 2 is 2.10 bits per heavy atom. The molecular formula is C15H20N2O3. The number of carbonyl (C=O) groups excluding carboxylic acids is 1. The molecule has 3 N–H and O–H groups in total. The minimum atomic E-state index is -0.327. The van der Waals surface area contributed by atoms with Crippen LogP contribution in [0.5, 0.6) is 5.75 Å². The first kappa shape index (κ1) is 13.4. The predicted molar refractivity (Wildman–Crippen MR) is 74.7 cm³/mol. The van der Waals surface area contributed by atoms with E-state index in [0.717, 1.165) is 24.2 Å². The first-order chi connectivity index (χ1) is 9.74. The number of benzene rings is 1. The van der Waals surface area contributed by atoms with E-state index in [1.807, 2.05) is 24.3 Å². The van der Waals surface area contributed by atoms with Gasteiger partial charge in [0, 0.05) is 25.3 Å². The maximum Gasteiger partial charge on any atom is 0.231 e. The summed E-state index contributed by atoms with van der Waals surface area (Å²) in [6.07, 6.45) is 1.54. The van der Waals surface area contributed by atoms with Gasteiger partial charge in [0.25, 0.3) is 0 Å². The normalized spacial score (nSPS) is 23.8. The van der Waals surface area contributed by atoms with Gasteiger partial charge >= 0.3 is 0 Å². The van der Waals surface area contributed by atoms with Crippen LogP contribution in [0.4, 0.5) is 0 Å². The lowest BCUT2D eigenvalue weighted by molar-refractivity contribution is -0.125. The molecule has 1 amide bonds. The molecule has 1 atom stereocenters. The van der Waals surface area contributed by atoms with Gasteiger partial charge in [-0.1, -0.05) is 18.2 Å². The molecule has 0 aliphatic carbocycles. The summed E-state index contributed by atoms with van der Waals surface area (Å²) in [4.78, 5) is 12.6. The van der Waals surface area contributed by atoms with E-state index < -0.39 is 0 Å². The van der Waals surface area contributed by atoms with Crippen molar-refractivity contribution in [2.24, 2.45) is 5.73 Å². The van der Waals surface area contributed by atoms with E-state index in [2.05, 4.69) is 5.32 Å². The third kappa shape index (κ3) is 2.39. The molecule has 108 valence electrons. The molecule has 0 saturated carbocycles. The van der Waals surface area contributed by atoms with Crippen LogP contribution < -0.4 is 15.8 Å². The molecule has 0 aromatic heterocycles. The predicted octanol–water partition coefficient (Wildman–Crippen LogP) is 0.787. The van der Waals surface area contributed by atoms with Gasteiger partial charge in [0.05, 0.1) is 5.54 Å². The van der Waals surface area contributed by atoms with Gasteiger partial charge in [-0.3, -0.25) is 4.79 Å². The van der Waals surface area contributed by atoms with Crippen LogP contribution in [0.25, 0.3) is 0 Å². The lowest BCUT2D eigenvalue weighted by Gasteiger charge is -2.37. The van der Waals surface area contributed by atoms with Gasteiger partial charge in [0.1, 0.15) is 18.3 Å². The maximum absolute atomic E-state index is 12.6. The molecule has 1 aromatic rings. The summed E-state index contributed by atoms with van der Waals surface area (Å²) in [6, 6.07) is 7.70. The summed E-state index contributed by atoms with van der Waals surface area (Å²) in [5, 5.41) is 3.14. The van der Waals surface area contributed by atoms with Crippen LogP contribution in [0.15, 0.2) is 24.3 Å². The summed E-state index contributed by atoms with van der Waals surface area (Å²) in [5.74, 6) is 0.571. The van der Waals surface area contributed by atoms with Gasteiger partial charge < -0.3 is 20.5 Å². The first-order valence-corrected chi connectivity index (χ1v) is 7.06. The molecular weight excluding hydrogens is 256 g/mol. The second-order valence-electron chi connectivity index (χ2n) is 5.49. The molecule has 0 spiro atoms. The van der Waals surface area contributed by atoms with Crippen molar-refractivity contribution >= 4 is 5.91 Å². The smallest absolute Gasteiger partial charge is 0.231 e. The summed E-state index contributed by atoms with van der Waals surface area (Å²) in [5.41, 5.74) is 6.51. The fourth-order valence-corrected chi connectivity index (χ4v) is 2.87. The standard InChI is InChI=1S/C15H20N2O3/c16-10-15(5-7-19-8-6-15)17-14(18)12-9-20-13-4-2-1-3-11(12)13/h1-4,12H,5-10,16H2,(H,17,18). The molecule has 1 aromatic carbocycles. The average molecular weight is 276 g/mol. The van der Waals surface area contributed by atoms with E-state index in [0.29, 0.717) is 26.4 Å². The van der Waals surface area contributed by atoms with Crippen molar-refractivity contribution in [2.75, 3.05) is 26.4 Å². The van der Waals surface area contributed by atoms with Gasteiger partial charge in [0.2, 0.25) is 5.91 Å². The first-order valence-electron chi connectivity index (χ1n) is 7.06. The number of carbonyl (C=O) groups is 1. The lowest BCUT2D eigenvalue weighted by atomic mass is 9.88. The minimum Gasteiger partial charge on any atom is -0.492 e. The molecule has 2 aliphatic heterocycles. The van der Waals surface area contributed by atoms with Crippen molar-refractivity contribution < 1.29 is 14.3 Å². The fraction of sp³-hybridized carbons (Fsp3) is 0.533. The zero-order valence-electron chi connectivity index (χ0n) is 11.4. The lowest BCUT2D eigenvalue weighted by Crippen LogP contribution is -2.57. The molecule has 20 heavy (non-hydrogen) atoms. The Kier molecular flexibility index (Phi) is 3.63. The minimum absolute atomic E-state index is 0.00213. The van der Waals surface area contributed by atoms with Crippen molar-refractivity contribution in [3.8, 4) is 5.75 Å². The number of para-hydroxylation sites is 1. The number of hydrogen-bond donors (Lipinski definition) is 2. The number of nitrogens with two attached hydrogens (primary N) is 1. The van der Waals surface area contributed by atoms with Crippen LogP contribution >= 0.6 is 0 Å². The highest BCUT2D eigenvalue weighted by Gasteiger charge is 2.37. The zero-order valence-corrected chi connectivity index (χ0v) is 11.4. The maximum atomic E-state index is 12.6. The van der Waals surface area contributed by atoms with E-state index in [9.17, 15) is 4.79 Å². The van der Waals surface area contributed by atoms with Crippen LogP contribution in [0.2, 0.25) is 0 Å². The molecule has 1 saturated heterocycles. The molecule has 1 unspecified atom stereocenters. The van der Waals surface area contributed by atoms with Gasteiger partial charge in [-0.25, -0.2) is 0 Å². The van der Waals surface area contributed by atoms with Gasteiger partial charge in [-0.15, -0.1) is 0 Å². The van der Waals surface area contributed by atoms with Crippen molar-refractivity contribution in [2.45, 2.75) is 24.3 Å². The molecule has 0 radical (unpaired) electrons. The number of nitrogens with one attached hydrogen (secondary N) is 1. The number of fused-ring (bicyclic) bond motifs is 1. The Hall–Kier alpha value is -1.59. The topological polar surface area (TPSA) is 73.6 Å². The second-order valence-corrected chi connectivity index (χ2v) is 5.49. The molecule has 2 aliphatic rings. The van der Waals surface area contributed by atoms with Gasteiger partial charge in [0.15, 0.2) is 0 Å². The van der Waals surface area contributed by atoms with E-state index in [1.165, 1.54) is 0 Å². The Bertz CT molecular complexity index is 498. The molecule has 1 fully saturated rings. The fourth-order valence-electron chi connectivity index (χ4n) is 2.87. The van der Waals surface area contributed by atoms with E-state index in [-0.39, 0.29) is 17.4 Å². The number of rotatable bonds is 3. The van der Waals surface area contributed by atoms with Gasteiger partial charge in [-0.2, -0.15) is 0 Å². The van der Waals surface area contributed by atoms with E-state index in [4.69, 9.17) is 15.2 Å². The van der Waals surface area contributed by atoms with Crippen LogP contribution in [-0.2, 0) is 9.53 Å².